The maximum absolute atomic E-state index is 5.60. The van der Waals surface area contributed by atoms with Gasteiger partial charge in [0.05, 0.1) is 6.61 Å². The zero-order chi connectivity index (χ0) is 14.1. The van der Waals surface area contributed by atoms with Crippen molar-refractivity contribution >= 4 is 0 Å². The second kappa shape index (κ2) is 9.11. The summed E-state index contributed by atoms with van der Waals surface area (Å²) in [6, 6.07) is 9.39. The first kappa shape index (κ1) is 16.2. The summed E-state index contributed by atoms with van der Waals surface area (Å²) in [7, 11) is 0. The Morgan fingerprint density at radius 1 is 1.11 bits per heavy atom. The Morgan fingerprint density at radius 3 is 2.32 bits per heavy atom. The summed E-state index contributed by atoms with van der Waals surface area (Å²) in [5.74, 6) is 0.614. The van der Waals surface area contributed by atoms with Gasteiger partial charge in [0.1, 0.15) is 0 Å². The van der Waals surface area contributed by atoms with Crippen LogP contribution in [0.25, 0.3) is 0 Å². The first-order chi connectivity index (χ1) is 9.17. The fourth-order valence-electron chi connectivity index (χ4n) is 2.11. The van der Waals surface area contributed by atoms with Gasteiger partial charge in [0.2, 0.25) is 0 Å². The number of aryl methyl sites for hydroxylation is 1. The molecule has 0 spiro atoms. The first-order valence-corrected chi connectivity index (χ1v) is 7.57. The molecule has 0 radical (unpaired) electrons. The Labute approximate surface area is 118 Å². The Kier molecular flexibility index (Phi) is 7.76. The molecule has 1 aromatic rings. The molecule has 0 fully saturated rings. The zero-order valence-electron chi connectivity index (χ0n) is 12.9. The van der Waals surface area contributed by atoms with Gasteiger partial charge in [-0.15, -0.1) is 0 Å². The first-order valence-electron chi connectivity index (χ1n) is 7.57. The highest BCUT2D eigenvalue weighted by atomic mass is 16.5. The molecule has 1 aromatic carbocycles. The molecule has 0 amide bonds. The zero-order valence-corrected chi connectivity index (χ0v) is 12.9. The van der Waals surface area contributed by atoms with Gasteiger partial charge in [0.25, 0.3) is 0 Å². The Bertz CT molecular complexity index is 332. The minimum absolute atomic E-state index is 0.438. The average Bonchev–Trinajstić information content (AvgIpc) is 2.43. The lowest BCUT2D eigenvalue weighted by Gasteiger charge is -2.18. The van der Waals surface area contributed by atoms with E-state index in [1.54, 1.807) is 0 Å². The predicted molar refractivity (Wildman–Crippen MR) is 82.5 cm³/mol. The van der Waals surface area contributed by atoms with Crippen LogP contribution in [0.5, 0.6) is 0 Å². The van der Waals surface area contributed by atoms with Crippen LogP contribution in [0, 0.1) is 5.92 Å². The van der Waals surface area contributed by atoms with Crippen LogP contribution in [0.4, 0.5) is 0 Å². The second-order valence-electron chi connectivity index (χ2n) is 5.48. The van der Waals surface area contributed by atoms with Gasteiger partial charge in [-0.05, 0) is 29.9 Å². The average molecular weight is 263 g/mol. The lowest BCUT2D eigenvalue weighted by molar-refractivity contribution is 0.110. The van der Waals surface area contributed by atoms with Crippen molar-refractivity contribution in [2.45, 2.75) is 46.6 Å². The molecule has 1 atom stereocenters. The van der Waals surface area contributed by atoms with E-state index in [2.05, 4.69) is 57.3 Å². The largest absolute Gasteiger partial charge is 0.380 e. The van der Waals surface area contributed by atoms with Crippen molar-refractivity contribution in [2.24, 2.45) is 5.92 Å². The molecule has 0 aliphatic heterocycles. The predicted octanol–water partition coefficient (Wildman–Crippen LogP) is 3.96. The molecule has 2 nitrogen and oxygen atoms in total. The number of nitrogens with one attached hydrogen (secondary N) is 1. The van der Waals surface area contributed by atoms with Gasteiger partial charge in [-0.2, -0.15) is 0 Å². The molecule has 0 saturated heterocycles. The molecule has 0 aliphatic rings. The van der Waals surface area contributed by atoms with Gasteiger partial charge in [0.15, 0.2) is 0 Å². The minimum atomic E-state index is 0.438. The number of rotatable bonds is 9. The summed E-state index contributed by atoms with van der Waals surface area (Å²) in [4.78, 5) is 0. The van der Waals surface area contributed by atoms with Crippen molar-refractivity contribution in [1.82, 2.24) is 5.32 Å². The van der Waals surface area contributed by atoms with Crippen molar-refractivity contribution in [3.05, 3.63) is 35.4 Å². The molecular formula is C17H29NO. The molecule has 2 heteroatoms. The number of benzene rings is 1. The summed E-state index contributed by atoms with van der Waals surface area (Å²) in [5.41, 5.74) is 2.78. The van der Waals surface area contributed by atoms with E-state index in [-0.39, 0.29) is 0 Å². The summed E-state index contributed by atoms with van der Waals surface area (Å²) in [5, 5.41) is 3.57. The van der Waals surface area contributed by atoms with E-state index in [0.29, 0.717) is 12.0 Å². The Balaban J connectivity index is 2.35. The highest BCUT2D eigenvalue weighted by Gasteiger charge is 2.07. The highest BCUT2D eigenvalue weighted by molar-refractivity contribution is 5.24. The molecule has 0 aromatic heterocycles. The smallest absolute Gasteiger partial charge is 0.0591 e. The molecule has 19 heavy (non-hydrogen) atoms. The number of hydrogen-bond acceptors (Lipinski definition) is 2. The van der Waals surface area contributed by atoms with Crippen LogP contribution in [0.15, 0.2) is 24.3 Å². The van der Waals surface area contributed by atoms with E-state index in [1.165, 1.54) is 11.1 Å². The molecular weight excluding hydrogens is 234 g/mol. The quantitative estimate of drug-likeness (QED) is 0.681. The molecule has 0 aliphatic carbocycles. The van der Waals surface area contributed by atoms with Crippen LogP contribution < -0.4 is 5.32 Å². The van der Waals surface area contributed by atoms with Gasteiger partial charge in [0, 0.05) is 19.2 Å². The van der Waals surface area contributed by atoms with E-state index >= 15 is 0 Å². The van der Waals surface area contributed by atoms with Crippen molar-refractivity contribution in [3.8, 4) is 0 Å². The standard InChI is InChI=1S/C17H29NO/c1-5-15-7-9-16(10-8-15)17(6-2)18-11-12-19-13-14(3)4/h7-10,14,17-18H,5-6,11-13H2,1-4H3. The van der Waals surface area contributed by atoms with E-state index in [0.717, 1.165) is 32.6 Å². The summed E-state index contributed by atoms with van der Waals surface area (Å²) in [6.07, 6.45) is 2.21. The lowest BCUT2D eigenvalue weighted by atomic mass is 10.0. The molecule has 0 heterocycles. The van der Waals surface area contributed by atoms with Gasteiger partial charge in [-0.25, -0.2) is 0 Å². The normalized spacial score (nSPS) is 12.9. The van der Waals surface area contributed by atoms with E-state index < -0.39 is 0 Å². The van der Waals surface area contributed by atoms with Gasteiger partial charge < -0.3 is 10.1 Å². The minimum Gasteiger partial charge on any atom is -0.380 e. The third-order valence-corrected chi connectivity index (χ3v) is 3.29. The summed E-state index contributed by atoms with van der Waals surface area (Å²) in [6.45, 7) is 11.3. The van der Waals surface area contributed by atoms with Crippen LogP contribution in [0.2, 0.25) is 0 Å². The van der Waals surface area contributed by atoms with E-state index in [9.17, 15) is 0 Å². The van der Waals surface area contributed by atoms with Crippen molar-refractivity contribution in [1.29, 1.82) is 0 Å². The summed E-state index contributed by atoms with van der Waals surface area (Å²) >= 11 is 0. The van der Waals surface area contributed by atoms with Crippen LogP contribution in [-0.4, -0.2) is 19.8 Å². The topological polar surface area (TPSA) is 21.3 Å². The third kappa shape index (κ3) is 6.22. The fourth-order valence-corrected chi connectivity index (χ4v) is 2.11. The monoisotopic (exact) mass is 263 g/mol. The maximum atomic E-state index is 5.60. The second-order valence-corrected chi connectivity index (χ2v) is 5.48. The van der Waals surface area contributed by atoms with Crippen molar-refractivity contribution in [2.75, 3.05) is 19.8 Å². The van der Waals surface area contributed by atoms with Crippen LogP contribution in [0.3, 0.4) is 0 Å². The Hall–Kier alpha value is -0.860. The van der Waals surface area contributed by atoms with E-state index in [1.807, 2.05) is 0 Å². The van der Waals surface area contributed by atoms with Gasteiger partial charge >= 0.3 is 0 Å². The highest BCUT2D eigenvalue weighted by Crippen LogP contribution is 2.17. The van der Waals surface area contributed by atoms with Gasteiger partial charge in [-0.1, -0.05) is 52.0 Å². The fraction of sp³-hybridized carbons (Fsp3) is 0.647. The molecule has 108 valence electrons. The van der Waals surface area contributed by atoms with Crippen molar-refractivity contribution in [3.63, 3.8) is 0 Å². The summed E-state index contributed by atoms with van der Waals surface area (Å²) < 4.78 is 5.60. The number of ether oxygens (including phenoxy) is 1. The SMILES string of the molecule is CCc1ccc(C(CC)NCCOCC(C)C)cc1. The van der Waals surface area contributed by atoms with Crippen LogP contribution >= 0.6 is 0 Å². The van der Waals surface area contributed by atoms with Crippen LogP contribution in [0.1, 0.15) is 51.3 Å². The maximum Gasteiger partial charge on any atom is 0.0591 e. The Morgan fingerprint density at radius 2 is 1.79 bits per heavy atom. The lowest BCUT2D eigenvalue weighted by Crippen LogP contribution is -2.25. The molecule has 1 N–H and O–H groups in total. The van der Waals surface area contributed by atoms with Gasteiger partial charge in [-0.3, -0.25) is 0 Å². The van der Waals surface area contributed by atoms with Crippen molar-refractivity contribution < 1.29 is 4.74 Å². The van der Waals surface area contributed by atoms with Crippen LogP contribution in [-0.2, 0) is 11.2 Å². The van der Waals surface area contributed by atoms with E-state index in [4.69, 9.17) is 4.74 Å². The third-order valence-electron chi connectivity index (χ3n) is 3.29. The molecule has 0 bridgehead atoms. The molecule has 1 rings (SSSR count). The molecule has 1 unspecified atom stereocenters. The molecule has 0 saturated carbocycles. The number of hydrogen-bond donors (Lipinski definition) is 1.